The molecule has 7 nitrogen and oxygen atoms in total. The molecule has 1 unspecified atom stereocenters. The SMILES string of the molecule is CSc1ccccc1NC(=O)CN(C)C(=O)C1CCCN(S(C)(=O)=O)C1. The highest BCUT2D eigenvalue weighted by molar-refractivity contribution is 7.98. The Labute approximate surface area is 159 Å². The highest BCUT2D eigenvalue weighted by Gasteiger charge is 2.32. The van der Waals surface area contributed by atoms with Crippen LogP contribution in [0.5, 0.6) is 0 Å². The monoisotopic (exact) mass is 399 g/mol. The number of amides is 2. The van der Waals surface area contributed by atoms with E-state index in [1.165, 1.54) is 21.0 Å². The zero-order valence-electron chi connectivity index (χ0n) is 15.3. The lowest BCUT2D eigenvalue weighted by Crippen LogP contribution is -2.46. The Balaban J connectivity index is 1.95. The molecule has 1 N–H and O–H groups in total. The minimum atomic E-state index is -3.31. The van der Waals surface area contributed by atoms with Crippen molar-refractivity contribution in [3.63, 3.8) is 0 Å². The summed E-state index contributed by atoms with van der Waals surface area (Å²) in [7, 11) is -1.74. The number of para-hydroxylation sites is 1. The third kappa shape index (κ3) is 5.46. The number of sulfonamides is 1. The van der Waals surface area contributed by atoms with Gasteiger partial charge in [0.15, 0.2) is 0 Å². The number of hydrogen-bond acceptors (Lipinski definition) is 5. The van der Waals surface area contributed by atoms with Gasteiger partial charge in [-0.25, -0.2) is 12.7 Å². The first-order valence-electron chi connectivity index (χ1n) is 8.35. The van der Waals surface area contributed by atoms with Gasteiger partial charge in [-0.3, -0.25) is 9.59 Å². The summed E-state index contributed by atoms with van der Waals surface area (Å²) in [5.74, 6) is -0.889. The number of carbonyl (C=O) groups excluding carboxylic acids is 2. The van der Waals surface area contributed by atoms with E-state index in [2.05, 4.69) is 5.32 Å². The normalized spacial score (nSPS) is 18.3. The summed E-state index contributed by atoms with van der Waals surface area (Å²) in [6.45, 7) is 0.550. The first-order valence-corrected chi connectivity index (χ1v) is 11.4. The van der Waals surface area contributed by atoms with Gasteiger partial charge in [0.25, 0.3) is 0 Å². The number of nitrogens with one attached hydrogen (secondary N) is 1. The zero-order chi connectivity index (χ0) is 19.3. The van der Waals surface area contributed by atoms with E-state index in [1.807, 2.05) is 30.5 Å². The van der Waals surface area contributed by atoms with E-state index >= 15 is 0 Å². The van der Waals surface area contributed by atoms with Crippen LogP contribution in [-0.4, -0.2) is 68.6 Å². The molecule has 9 heteroatoms. The van der Waals surface area contributed by atoms with Crippen molar-refractivity contribution in [1.29, 1.82) is 0 Å². The Morgan fingerprint density at radius 1 is 1.35 bits per heavy atom. The number of rotatable bonds is 6. The van der Waals surface area contributed by atoms with Crippen LogP contribution < -0.4 is 5.32 Å². The summed E-state index contributed by atoms with van der Waals surface area (Å²) in [6.07, 6.45) is 4.36. The van der Waals surface area contributed by atoms with E-state index in [9.17, 15) is 18.0 Å². The molecule has 0 bridgehead atoms. The van der Waals surface area contributed by atoms with Crippen molar-refractivity contribution in [2.75, 3.05) is 44.5 Å². The van der Waals surface area contributed by atoms with Crippen LogP contribution in [0.4, 0.5) is 5.69 Å². The molecule has 1 aromatic rings. The van der Waals surface area contributed by atoms with Gasteiger partial charge >= 0.3 is 0 Å². The predicted molar refractivity (Wildman–Crippen MR) is 104 cm³/mol. The molecule has 1 saturated heterocycles. The third-order valence-electron chi connectivity index (χ3n) is 4.34. The summed E-state index contributed by atoms with van der Waals surface area (Å²) in [4.78, 5) is 27.2. The van der Waals surface area contributed by atoms with Gasteiger partial charge < -0.3 is 10.2 Å². The largest absolute Gasteiger partial charge is 0.336 e. The van der Waals surface area contributed by atoms with E-state index in [0.717, 1.165) is 11.2 Å². The standard InChI is InChI=1S/C17H25N3O4S2/c1-19(12-16(21)18-14-8-4-5-9-15(14)25-2)17(22)13-7-6-10-20(11-13)26(3,23)24/h4-5,8-9,13H,6-7,10-12H2,1-3H3,(H,18,21). The molecular formula is C17H25N3O4S2. The molecule has 0 radical (unpaired) electrons. The molecule has 26 heavy (non-hydrogen) atoms. The zero-order valence-corrected chi connectivity index (χ0v) is 16.9. The molecular weight excluding hydrogens is 374 g/mol. The Morgan fingerprint density at radius 2 is 2.04 bits per heavy atom. The second-order valence-electron chi connectivity index (χ2n) is 6.40. The van der Waals surface area contributed by atoms with Gasteiger partial charge in [-0.05, 0) is 31.2 Å². The molecule has 1 heterocycles. The maximum Gasteiger partial charge on any atom is 0.244 e. The maximum atomic E-state index is 12.6. The summed E-state index contributed by atoms with van der Waals surface area (Å²) in [5.41, 5.74) is 0.715. The van der Waals surface area contributed by atoms with Gasteiger partial charge in [0, 0.05) is 25.0 Å². The van der Waals surface area contributed by atoms with E-state index in [0.29, 0.717) is 25.1 Å². The van der Waals surface area contributed by atoms with Gasteiger partial charge in [-0.1, -0.05) is 12.1 Å². The second kappa shape index (κ2) is 8.88. The van der Waals surface area contributed by atoms with Crippen LogP contribution >= 0.6 is 11.8 Å². The number of nitrogens with zero attached hydrogens (tertiary/aromatic N) is 2. The van der Waals surface area contributed by atoms with E-state index in [4.69, 9.17) is 0 Å². The fourth-order valence-electron chi connectivity index (χ4n) is 2.99. The number of likely N-dealkylation sites (N-methyl/N-ethyl adjacent to an activating group) is 1. The number of carbonyl (C=O) groups is 2. The number of piperidine rings is 1. The number of thioether (sulfide) groups is 1. The van der Waals surface area contributed by atoms with Crippen LogP contribution in [0, 0.1) is 5.92 Å². The molecule has 2 rings (SSSR count). The second-order valence-corrected chi connectivity index (χ2v) is 9.23. The Morgan fingerprint density at radius 3 is 2.69 bits per heavy atom. The summed E-state index contributed by atoms with van der Waals surface area (Å²) < 4.78 is 24.7. The van der Waals surface area contributed by atoms with Gasteiger partial charge in [0.2, 0.25) is 21.8 Å². The highest BCUT2D eigenvalue weighted by atomic mass is 32.2. The van der Waals surface area contributed by atoms with Crippen LogP contribution in [0.25, 0.3) is 0 Å². The fourth-order valence-corrected chi connectivity index (χ4v) is 4.45. The maximum absolute atomic E-state index is 12.6. The fraction of sp³-hybridized carbons (Fsp3) is 0.529. The van der Waals surface area contributed by atoms with Gasteiger partial charge in [0.1, 0.15) is 0 Å². The molecule has 1 aliphatic rings. The lowest BCUT2D eigenvalue weighted by molar-refractivity contribution is -0.138. The quantitative estimate of drug-likeness (QED) is 0.732. The Hall–Kier alpha value is -1.58. The number of benzene rings is 1. The van der Waals surface area contributed by atoms with Crippen molar-refractivity contribution >= 4 is 39.3 Å². The molecule has 1 atom stereocenters. The molecule has 1 aromatic carbocycles. The van der Waals surface area contributed by atoms with Crippen LogP contribution in [0.15, 0.2) is 29.2 Å². The lowest BCUT2D eigenvalue weighted by atomic mass is 9.98. The highest BCUT2D eigenvalue weighted by Crippen LogP contribution is 2.24. The first-order chi connectivity index (χ1) is 12.2. The molecule has 0 aliphatic carbocycles. The lowest BCUT2D eigenvalue weighted by Gasteiger charge is -2.32. The van der Waals surface area contributed by atoms with Crippen LogP contribution in [-0.2, 0) is 19.6 Å². The Kier molecular flexibility index (Phi) is 7.08. The third-order valence-corrected chi connectivity index (χ3v) is 6.41. The minimum Gasteiger partial charge on any atom is -0.336 e. The minimum absolute atomic E-state index is 0.0725. The first kappa shape index (κ1) is 20.7. The van der Waals surface area contributed by atoms with Crippen molar-refractivity contribution in [3.8, 4) is 0 Å². The van der Waals surface area contributed by atoms with Crippen molar-refractivity contribution in [2.24, 2.45) is 5.92 Å². The van der Waals surface area contributed by atoms with E-state index in [-0.39, 0.29) is 24.9 Å². The van der Waals surface area contributed by atoms with Gasteiger partial charge in [0.05, 0.1) is 24.4 Å². The average molecular weight is 400 g/mol. The van der Waals surface area contributed by atoms with Gasteiger partial charge in [-0.15, -0.1) is 11.8 Å². The van der Waals surface area contributed by atoms with E-state index < -0.39 is 15.9 Å². The number of anilines is 1. The topological polar surface area (TPSA) is 86.8 Å². The molecule has 2 amide bonds. The average Bonchev–Trinajstić information content (AvgIpc) is 2.60. The predicted octanol–water partition coefficient (Wildman–Crippen LogP) is 1.48. The molecule has 1 aliphatic heterocycles. The molecule has 0 spiro atoms. The molecule has 1 fully saturated rings. The van der Waals surface area contributed by atoms with Crippen molar-refractivity contribution in [1.82, 2.24) is 9.21 Å². The van der Waals surface area contributed by atoms with Crippen LogP contribution in [0.2, 0.25) is 0 Å². The molecule has 144 valence electrons. The van der Waals surface area contributed by atoms with Crippen molar-refractivity contribution < 1.29 is 18.0 Å². The van der Waals surface area contributed by atoms with E-state index in [1.54, 1.807) is 7.05 Å². The van der Waals surface area contributed by atoms with Crippen molar-refractivity contribution in [2.45, 2.75) is 17.7 Å². The Bertz CT molecular complexity index is 767. The van der Waals surface area contributed by atoms with Gasteiger partial charge in [-0.2, -0.15) is 0 Å². The molecule has 0 aromatic heterocycles. The van der Waals surface area contributed by atoms with Crippen molar-refractivity contribution in [3.05, 3.63) is 24.3 Å². The number of hydrogen-bond donors (Lipinski definition) is 1. The smallest absolute Gasteiger partial charge is 0.244 e. The summed E-state index contributed by atoms with van der Waals surface area (Å²) in [5, 5.41) is 2.82. The van der Waals surface area contributed by atoms with Crippen LogP contribution in [0.1, 0.15) is 12.8 Å². The summed E-state index contributed by atoms with van der Waals surface area (Å²) >= 11 is 1.53. The molecule has 0 saturated carbocycles. The summed E-state index contributed by atoms with van der Waals surface area (Å²) in [6, 6.07) is 7.47. The van der Waals surface area contributed by atoms with Crippen LogP contribution in [0.3, 0.4) is 0 Å².